The Hall–Kier alpha value is -2.75. The number of pyridine rings is 2. The van der Waals surface area contributed by atoms with Crippen LogP contribution in [0.5, 0.6) is 0 Å². The number of nitrogens with zero attached hydrogens (tertiary/aromatic N) is 2. The summed E-state index contributed by atoms with van der Waals surface area (Å²) < 4.78 is 0. The molecule has 0 aliphatic heterocycles. The molecule has 3 aromatic rings. The van der Waals surface area contributed by atoms with E-state index >= 15 is 0 Å². The maximum absolute atomic E-state index is 11.2. The van der Waals surface area contributed by atoms with E-state index in [1.54, 1.807) is 18.3 Å². The minimum absolute atomic E-state index is 0.256. The van der Waals surface area contributed by atoms with E-state index in [0.29, 0.717) is 5.69 Å². The molecular formula is C16H13N3O. The third-order valence-electron chi connectivity index (χ3n) is 3.13. The molecule has 0 aliphatic rings. The average molecular weight is 263 g/mol. The Morgan fingerprint density at radius 2 is 2.00 bits per heavy atom. The third kappa shape index (κ3) is 2.23. The zero-order valence-electron chi connectivity index (χ0n) is 11.0. The summed E-state index contributed by atoms with van der Waals surface area (Å²) in [5.74, 6) is -0.531. The lowest BCUT2D eigenvalue weighted by Gasteiger charge is -2.05. The van der Waals surface area contributed by atoms with Gasteiger partial charge >= 0.3 is 0 Å². The number of aryl methyl sites for hydroxylation is 1. The van der Waals surface area contributed by atoms with E-state index in [4.69, 9.17) is 5.73 Å². The van der Waals surface area contributed by atoms with Gasteiger partial charge in [-0.1, -0.05) is 17.7 Å². The first-order chi connectivity index (χ1) is 9.63. The zero-order valence-corrected chi connectivity index (χ0v) is 11.0. The lowest BCUT2D eigenvalue weighted by Crippen LogP contribution is -2.13. The van der Waals surface area contributed by atoms with Crippen molar-refractivity contribution in [2.75, 3.05) is 0 Å². The van der Waals surface area contributed by atoms with Gasteiger partial charge in [-0.3, -0.25) is 9.78 Å². The third-order valence-corrected chi connectivity index (χ3v) is 3.13. The van der Waals surface area contributed by atoms with Gasteiger partial charge in [0.1, 0.15) is 5.69 Å². The maximum atomic E-state index is 11.2. The molecule has 0 saturated carbocycles. The Morgan fingerprint density at radius 3 is 2.80 bits per heavy atom. The average Bonchev–Trinajstić information content (AvgIpc) is 2.46. The van der Waals surface area contributed by atoms with Gasteiger partial charge < -0.3 is 5.73 Å². The molecule has 0 spiro atoms. The van der Waals surface area contributed by atoms with E-state index in [1.165, 1.54) is 5.56 Å². The van der Waals surface area contributed by atoms with Crippen molar-refractivity contribution in [2.24, 2.45) is 5.73 Å². The Kier molecular flexibility index (Phi) is 2.91. The largest absolute Gasteiger partial charge is 0.364 e. The molecule has 98 valence electrons. The molecule has 0 aliphatic carbocycles. The zero-order chi connectivity index (χ0) is 14.1. The highest BCUT2D eigenvalue weighted by Crippen LogP contribution is 2.22. The molecule has 0 radical (unpaired) electrons. The number of primary amides is 1. The van der Waals surface area contributed by atoms with Crippen molar-refractivity contribution >= 4 is 16.8 Å². The molecular weight excluding hydrogens is 250 g/mol. The van der Waals surface area contributed by atoms with Crippen LogP contribution >= 0.6 is 0 Å². The van der Waals surface area contributed by atoms with E-state index in [-0.39, 0.29) is 5.69 Å². The summed E-state index contributed by atoms with van der Waals surface area (Å²) in [5, 5.41) is 1.05. The summed E-state index contributed by atoms with van der Waals surface area (Å²) in [4.78, 5) is 19.9. The number of benzene rings is 1. The molecule has 0 fully saturated rings. The van der Waals surface area contributed by atoms with Crippen LogP contribution in [0, 0.1) is 6.92 Å². The number of fused-ring (bicyclic) bond motifs is 1. The molecule has 0 bridgehead atoms. The molecule has 1 amide bonds. The Labute approximate surface area is 116 Å². The Bertz CT molecular complexity index is 812. The van der Waals surface area contributed by atoms with Crippen molar-refractivity contribution in [1.82, 2.24) is 9.97 Å². The number of nitrogens with two attached hydrogens (primary N) is 1. The second-order valence-electron chi connectivity index (χ2n) is 4.69. The van der Waals surface area contributed by atoms with Gasteiger partial charge in [0.15, 0.2) is 0 Å². The second kappa shape index (κ2) is 4.74. The fourth-order valence-corrected chi connectivity index (χ4v) is 2.12. The molecule has 1 aromatic carbocycles. The van der Waals surface area contributed by atoms with Gasteiger partial charge in [-0.05, 0) is 37.3 Å². The van der Waals surface area contributed by atoms with Crippen molar-refractivity contribution in [2.45, 2.75) is 6.92 Å². The predicted octanol–water partition coefficient (Wildman–Crippen LogP) is 2.70. The quantitative estimate of drug-likeness (QED) is 0.772. The maximum Gasteiger partial charge on any atom is 0.267 e. The van der Waals surface area contributed by atoms with Gasteiger partial charge in [0, 0.05) is 17.1 Å². The minimum atomic E-state index is -0.531. The van der Waals surface area contributed by atoms with Crippen molar-refractivity contribution in [1.29, 1.82) is 0 Å². The molecule has 4 nitrogen and oxygen atoms in total. The van der Waals surface area contributed by atoms with Gasteiger partial charge in [0.05, 0.1) is 11.2 Å². The standard InChI is InChI=1S/C16H13N3O/c1-10-5-6-13-11(7-10)8-12(9-18-13)14-3-2-4-15(19-14)16(17)20/h2-9H,1H3,(H2,17,20). The lowest BCUT2D eigenvalue weighted by molar-refractivity contribution is 0.0995. The number of rotatable bonds is 2. The number of carbonyl (C=O) groups is 1. The van der Waals surface area contributed by atoms with Crippen molar-refractivity contribution in [3.8, 4) is 11.3 Å². The molecule has 2 N–H and O–H groups in total. The number of hydrogen-bond acceptors (Lipinski definition) is 3. The van der Waals surface area contributed by atoms with Crippen molar-refractivity contribution in [3.63, 3.8) is 0 Å². The summed E-state index contributed by atoms with van der Waals surface area (Å²) >= 11 is 0. The SMILES string of the molecule is Cc1ccc2ncc(-c3cccc(C(N)=O)n3)cc2c1. The van der Waals surface area contributed by atoms with E-state index in [1.807, 2.05) is 31.2 Å². The van der Waals surface area contributed by atoms with Crippen LogP contribution in [0.25, 0.3) is 22.2 Å². The first kappa shape index (κ1) is 12.3. The van der Waals surface area contributed by atoms with Crippen molar-refractivity contribution in [3.05, 3.63) is 59.9 Å². The molecule has 2 heterocycles. The van der Waals surface area contributed by atoms with Gasteiger partial charge in [0.25, 0.3) is 5.91 Å². The molecule has 0 unspecified atom stereocenters. The van der Waals surface area contributed by atoms with Crippen molar-refractivity contribution < 1.29 is 4.79 Å². The summed E-state index contributed by atoms with van der Waals surface area (Å²) in [6.45, 7) is 2.04. The normalized spacial score (nSPS) is 10.7. The van der Waals surface area contributed by atoms with E-state index < -0.39 is 5.91 Å². The van der Waals surface area contributed by atoms with E-state index in [2.05, 4.69) is 16.0 Å². The fraction of sp³-hybridized carbons (Fsp3) is 0.0625. The number of amides is 1. The first-order valence-corrected chi connectivity index (χ1v) is 6.27. The van der Waals surface area contributed by atoms with Crippen LogP contribution in [0.1, 0.15) is 16.1 Å². The highest BCUT2D eigenvalue weighted by Gasteiger charge is 2.06. The highest BCUT2D eigenvalue weighted by molar-refractivity contribution is 5.91. The van der Waals surface area contributed by atoms with Crippen LogP contribution in [-0.4, -0.2) is 15.9 Å². The monoisotopic (exact) mass is 263 g/mol. The molecule has 0 saturated heterocycles. The van der Waals surface area contributed by atoms with Gasteiger partial charge in [-0.15, -0.1) is 0 Å². The number of hydrogen-bond donors (Lipinski definition) is 1. The van der Waals surface area contributed by atoms with Gasteiger partial charge in [0.2, 0.25) is 0 Å². The van der Waals surface area contributed by atoms with Crippen LogP contribution in [-0.2, 0) is 0 Å². The summed E-state index contributed by atoms with van der Waals surface area (Å²) in [6, 6.07) is 13.3. The van der Waals surface area contributed by atoms with Crippen LogP contribution < -0.4 is 5.73 Å². The van der Waals surface area contributed by atoms with Crippen LogP contribution in [0.15, 0.2) is 48.7 Å². The number of carbonyl (C=O) groups excluding carboxylic acids is 1. The smallest absolute Gasteiger partial charge is 0.267 e. The van der Waals surface area contributed by atoms with Crippen LogP contribution in [0.3, 0.4) is 0 Å². The first-order valence-electron chi connectivity index (χ1n) is 6.27. The Balaban J connectivity index is 2.14. The van der Waals surface area contributed by atoms with Gasteiger partial charge in [-0.2, -0.15) is 0 Å². The van der Waals surface area contributed by atoms with E-state index in [9.17, 15) is 4.79 Å². The molecule has 2 aromatic heterocycles. The number of aromatic nitrogens is 2. The van der Waals surface area contributed by atoms with Gasteiger partial charge in [-0.25, -0.2) is 4.98 Å². The lowest BCUT2D eigenvalue weighted by atomic mass is 10.1. The summed E-state index contributed by atoms with van der Waals surface area (Å²) in [5.41, 5.74) is 9.18. The van der Waals surface area contributed by atoms with Crippen LogP contribution in [0.4, 0.5) is 0 Å². The molecule has 3 rings (SSSR count). The fourth-order valence-electron chi connectivity index (χ4n) is 2.12. The highest BCUT2D eigenvalue weighted by atomic mass is 16.1. The Morgan fingerprint density at radius 1 is 1.15 bits per heavy atom. The predicted molar refractivity (Wildman–Crippen MR) is 78.2 cm³/mol. The minimum Gasteiger partial charge on any atom is -0.364 e. The summed E-state index contributed by atoms with van der Waals surface area (Å²) in [7, 11) is 0. The molecule has 4 heteroatoms. The topological polar surface area (TPSA) is 68.9 Å². The van der Waals surface area contributed by atoms with E-state index in [0.717, 1.165) is 16.5 Å². The van der Waals surface area contributed by atoms with Crippen LogP contribution in [0.2, 0.25) is 0 Å². The second-order valence-corrected chi connectivity index (χ2v) is 4.69. The molecule has 0 atom stereocenters. The molecule has 20 heavy (non-hydrogen) atoms. The summed E-state index contributed by atoms with van der Waals surface area (Å²) in [6.07, 6.45) is 1.75.